The van der Waals surface area contributed by atoms with Crippen LogP contribution in [0, 0.1) is 12.8 Å². The van der Waals surface area contributed by atoms with Crippen molar-refractivity contribution in [3.05, 3.63) is 18.1 Å². The maximum atomic E-state index is 10.6. The zero-order valence-corrected chi connectivity index (χ0v) is 17.0. The number of aryl methyl sites for hydroxylation is 1. The molecule has 1 aromatic rings. The van der Waals surface area contributed by atoms with E-state index in [0.29, 0.717) is 11.8 Å². The van der Waals surface area contributed by atoms with Crippen molar-refractivity contribution in [3.8, 4) is 5.88 Å². The number of aromatic nitrogens is 2. The second-order valence-corrected chi connectivity index (χ2v) is 8.32. The van der Waals surface area contributed by atoms with E-state index in [1.165, 1.54) is 25.7 Å². The molecule has 1 spiro atoms. The van der Waals surface area contributed by atoms with Crippen molar-refractivity contribution in [1.82, 2.24) is 14.9 Å². The maximum Gasteiger partial charge on any atom is 0.490 e. The number of carbonyl (C=O) groups is 1. The number of aliphatic carboxylic acids is 1. The summed E-state index contributed by atoms with van der Waals surface area (Å²) < 4.78 is 43.7. The number of halogens is 3. The zero-order chi connectivity index (χ0) is 21.8. The van der Waals surface area contributed by atoms with Crippen molar-refractivity contribution < 1.29 is 32.5 Å². The average Bonchev–Trinajstić information content (AvgIpc) is 2.59. The summed E-state index contributed by atoms with van der Waals surface area (Å²) in [6, 6.07) is 0.854. The van der Waals surface area contributed by atoms with E-state index in [9.17, 15) is 13.2 Å². The molecule has 0 bridgehead atoms. The SMILES string of the molecule is Cc1cncc(OCCC2CCOC3(C2)CN(C2CCC2)C3)n1.O=C(O)C(F)(F)F. The van der Waals surface area contributed by atoms with Gasteiger partial charge in [0, 0.05) is 31.9 Å². The molecule has 1 unspecified atom stereocenters. The van der Waals surface area contributed by atoms with Gasteiger partial charge in [0.1, 0.15) is 0 Å². The number of hydrogen-bond acceptors (Lipinski definition) is 6. The Morgan fingerprint density at radius 2 is 2.03 bits per heavy atom. The van der Waals surface area contributed by atoms with Crippen LogP contribution in [-0.4, -0.2) is 70.1 Å². The van der Waals surface area contributed by atoms with Crippen molar-refractivity contribution in [3.63, 3.8) is 0 Å². The number of alkyl halides is 3. The smallest absolute Gasteiger partial charge is 0.477 e. The minimum Gasteiger partial charge on any atom is -0.477 e. The third-order valence-electron chi connectivity index (χ3n) is 5.92. The third-order valence-corrected chi connectivity index (χ3v) is 5.92. The molecule has 2 saturated heterocycles. The van der Waals surface area contributed by atoms with Gasteiger partial charge in [-0.25, -0.2) is 9.78 Å². The largest absolute Gasteiger partial charge is 0.490 e. The van der Waals surface area contributed by atoms with E-state index >= 15 is 0 Å². The zero-order valence-electron chi connectivity index (χ0n) is 17.0. The van der Waals surface area contributed by atoms with Gasteiger partial charge in [0.25, 0.3) is 0 Å². The molecule has 2 aliphatic heterocycles. The summed E-state index contributed by atoms with van der Waals surface area (Å²) in [7, 11) is 0. The van der Waals surface area contributed by atoms with E-state index in [0.717, 1.165) is 50.9 Å². The van der Waals surface area contributed by atoms with Crippen LogP contribution >= 0.6 is 0 Å². The molecule has 7 nitrogen and oxygen atoms in total. The minimum atomic E-state index is -5.08. The lowest BCUT2D eigenvalue weighted by Crippen LogP contribution is -2.68. The molecule has 1 atom stereocenters. The first-order valence-electron chi connectivity index (χ1n) is 10.3. The Balaban J connectivity index is 0.000000318. The average molecular weight is 431 g/mol. The van der Waals surface area contributed by atoms with Gasteiger partial charge in [-0.05, 0) is 44.9 Å². The Morgan fingerprint density at radius 1 is 1.33 bits per heavy atom. The van der Waals surface area contributed by atoms with Gasteiger partial charge >= 0.3 is 12.1 Å². The molecular weight excluding hydrogens is 403 g/mol. The van der Waals surface area contributed by atoms with Crippen LogP contribution in [0.3, 0.4) is 0 Å². The van der Waals surface area contributed by atoms with Gasteiger partial charge < -0.3 is 14.6 Å². The van der Waals surface area contributed by atoms with Crippen molar-refractivity contribution in [2.75, 3.05) is 26.3 Å². The summed E-state index contributed by atoms with van der Waals surface area (Å²) in [5, 5.41) is 7.12. The van der Waals surface area contributed by atoms with Gasteiger partial charge in [0.15, 0.2) is 0 Å². The normalized spacial score (nSPS) is 23.7. The molecule has 0 amide bonds. The van der Waals surface area contributed by atoms with Crippen LogP contribution in [0.2, 0.25) is 0 Å². The third kappa shape index (κ3) is 6.04. The van der Waals surface area contributed by atoms with E-state index < -0.39 is 12.1 Å². The number of carboxylic acids is 1. The number of likely N-dealkylation sites (tertiary alicyclic amines) is 1. The van der Waals surface area contributed by atoms with Crippen molar-refractivity contribution in [2.45, 2.75) is 63.3 Å². The highest BCUT2D eigenvalue weighted by atomic mass is 19.4. The fourth-order valence-corrected chi connectivity index (χ4v) is 4.14. The van der Waals surface area contributed by atoms with Crippen molar-refractivity contribution in [2.24, 2.45) is 5.92 Å². The topological polar surface area (TPSA) is 84.8 Å². The first kappa shape index (κ1) is 22.7. The molecule has 1 aromatic heterocycles. The summed E-state index contributed by atoms with van der Waals surface area (Å²) in [6.07, 6.45) is 6.00. The number of ether oxygens (including phenoxy) is 2. The maximum absolute atomic E-state index is 10.6. The molecule has 0 radical (unpaired) electrons. The highest BCUT2D eigenvalue weighted by Gasteiger charge is 2.49. The first-order chi connectivity index (χ1) is 14.2. The highest BCUT2D eigenvalue weighted by molar-refractivity contribution is 5.73. The van der Waals surface area contributed by atoms with Crippen molar-refractivity contribution >= 4 is 5.97 Å². The Hall–Kier alpha value is -1.94. The highest BCUT2D eigenvalue weighted by Crippen LogP contribution is 2.41. The van der Waals surface area contributed by atoms with Crippen LogP contribution in [0.25, 0.3) is 0 Å². The molecule has 10 heteroatoms. The van der Waals surface area contributed by atoms with E-state index in [1.807, 2.05) is 6.92 Å². The lowest BCUT2D eigenvalue weighted by molar-refractivity contribution is -0.195. The van der Waals surface area contributed by atoms with Gasteiger partial charge in [0.2, 0.25) is 5.88 Å². The van der Waals surface area contributed by atoms with Crippen LogP contribution in [-0.2, 0) is 9.53 Å². The molecule has 4 rings (SSSR count). The van der Waals surface area contributed by atoms with E-state index in [-0.39, 0.29) is 5.60 Å². The number of rotatable bonds is 5. The second-order valence-electron chi connectivity index (χ2n) is 8.32. The van der Waals surface area contributed by atoms with E-state index in [1.54, 1.807) is 12.4 Å². The summed E-state index contributed by atoms with van der Waals surface area (Å²) in [6.45, 7) is 5.88. The van der Waals surface area contributed by atoms with Crippen LogP contribution < -0.4 is 4.74 Å². The van der Waals surface area contributed by atoms with E-state index in [2.05, 4.69) is 14.9 Å². The van der Waals surface area contributed by atoms with E-state index in [4.69, 9.17) is 19.4 Å². The summed E-state index contributed by atoms with van der Waals surface area (Å²) >= 11 is 0. The molecule has 1 saturated carbocycles. The summed E-state index contributed by atoms with van der Waals surface area (Å²) in [5.41, 5.74) is 1.06. The van der Waals surface area contributed by atoms with Crippen molar-refractivity contribution in [1.29, 1.82) is 0 Å². The van der Waals surface area contributed by atoms with Crippen LogP contribution in [0.1, 0.15) is 44.2 Å². The molecule has 0 aromatic carbocycles. The lowest BCUT2D eigenvalue weighted by atomic mass is 9.76. The number of carboxylic acid groups (broad SMARTS) is 1. The summed E-state index contributed by atoms with van der Waals surface area (Å²) in [5.74, 6) is -1.40. The monoisotopic (exact) mass is 431 g/mol. The second kappa shape index (κ2) is 9.47. The Labute approximate surface area is 173 Å². The molecular formula is C20H28F3N3O4. The first-order valence-corrected chi connectivity index (χ1v) is 10.3. The molecule has 168 valence electrons. The minimum absolute atomic E-state index is 0.154. The Morgan fingerprint density at radius 3 is 2.60 bits per heavy atom. The Kier molecular flexibility index (Phi) is 7.18. The van der Waals surface area contributed by atoms with Crippen LogP contribution in [0.5, 0.6) is 5.88 Å². The summed E-state index contributed by atoms with van der Waals surface area (Å²) in [4.78, 5) is 20.0. The van der Waals surface area contributed by atoms with Crippen LogP contribution in [0.15, 0.2) is 12.4 Å². The molecule has 3 fully saturated rings. The molecule has 1 aliphatic carbocycles. The van der Waals surface area contributed by atoms with Crippen LogP contribution in [0.4, 0.5) is 13.2 Å². The lowest BCUT2D eigenvalue weighted by Gasteiger charge is -2.57. The number of hydrogen-bond donors (Lipinski definition) is 1. The molecule has 30 heavy (non-hydrogen) atoms. The fraction of sp³-hybridized carbons (Fsp3) is 0.750. The van der Waals surface area contributed by atoms with Gasteiger partial charge in [0.05, 0.1) is 24.1 Å². The van der Waals surface area contributed by atoms with Gasteiger partial charge in [-0.1, -0.05) is 6.42 Å². The van der Waals surface area contributed by atoms with Gasteiger partial charge in [-0.15, -0.1) is 0 Å². The van der Waals surface area contributed by atoms with Gasteiger partial charge in [-0.2, -0.15) is 13.2 Å². The predicted octanol–water partition coefficient (Wildman–Crippen LogP) is 3.22. The predicted molar refractivity (Wildman–Crippen MR) is 101 cm³/mol. The molecule has 3 heterocycles. The molecule has 1 N–H and O–H groups in total. The Bertz CT molecular complexity index is 721. The van der Waals surface area contributed by atoms with Gasteiger partial charge in [-0.3, -0.25) is 9.88 Å². The standard InChI is InChI=1S/C18H27N3O2.C2HF3O2/c1-14-10-19-11-17(20-14)22-7-5-15-6-8-23-18(9-15)12-21(13-18)16-3-2-4-16;3-2(4,5)1(6)7/h10-11,15-16H,2-9,12-13H2,1H3;(H,6,7). The number of nitrogens with zero attached hydrogens (tertiary/aromatic N) is 3. The molecule has 3 aliphatic rings. The fourth-order valence-electron chi connectivity index (χ4n) is 4.14. The quantitative estimate of drug-likeness (QED) is 0.766.